The Hall–Kier alpha value is -3.92. The third-order valence-corrected chi connectivity index (χ3v) is 5.23. The lowest BCUT2D eigenvalue weighted by Crippen LogP contribution is -2.45. The van der Waals surface area contributed by atoms with Gasteiger partial charge in [0, 0.05) is 11.3 Å². The van der Waals surface area contributed by atoms with E-state index in [0.717, 1.165) is 11.3 Å². The number of thiocarbonyl (C=S) groups is 1. The minimum atomic E-state index is -0.599. The Bertz CT molecular complexity index is 1160. The third kappa shape index (κ3) is 7.29. The van der Waals surface area contributed by atoms with Crippen molar-refractivity contribution >= 4 is 35.4 Å². The van der Waals surface area contributed by atoms with Gasteiger partial charge in [-0.1, -0.05) is 18.2 Å². The molecule has 0 fully saturated rings. The van der Waals surface area contributed by atoms with Crippen molar-refractivity contribution in [3.8, 4) is 11.5 Å². The molecule has 0 aromatic heterocycles. The van der Waals surface area contributed by atoms with Crippen LogP contribution in [0.1, 0.15) is 44.9 Å². The van der Waals surface area contributed by atoms with Gasteiger partial charge in [0.1, 0.15) is 11.5 Å². The molecule has 36 heavy (non-hydrogen) atoms. The highest BCUT2D eigenvalue weighted by Gasteiger charge is 2.32. The van der Waals surface area contributed by atoms with Crippen molar-refractivity contribution in [2.24, 2.45) is 5.10 Å². The van der Waals surface area contributed by atoms with E-state index in [1.165, 1.54) is 6.21 Å². The fourth-order valence-corrected chi connectivity index (χ4v) is 3.79. The predicted octanol–water partition coefficient (Wildman–Crippen LogP) is 3.36. The molecule has 0 aliphatic carbocycles. The average molecular weight is 511 g/mol. The number of para-hydroxylation sites is 1. The van der Waals surface area contributed by atoms with Crippen LogP contribution in [-0.2, 0) is 14.3 Å². The minimum Gasteiger partial charge on any atom is -0.491 e. The highest BCUT2D eigenvalue weighted by molar-refractivity contribution is 7.80. The molecule has 1 amide bonds. The van der Waals surface area contributed by atoms with Gasteiger partial charge in [-0.3, -0.25) is 4.79 Å². The largest absolute Gasteiger partial charge is 0.491 e. The summed E-state index contributed by atoms with van der Waals surface area (Å²) >= 11 is 5.29. The van der Waals surface area contributed by atoms with E-state index < -0.39 is 17.9 Å². The Balaban J connectivity index is 1.65. The van der Waals surface area contributed by atoms with Gasteiger partial charge in [-0.15, -0.1) is 0 Å². The number of nitrogens with one attached hydrogen (secondary N) is 3. The minimum absolute atomic E-state index is 0.0906. The van der Waals surface area contributed by atoms with Crippen molar-refractivity contribution in [2.75, 3.05) is 13.2 Å². The van der Waals surface area contributed by atoms with E-state index >= 15 is 0 Å². The molecule has 1 atom stereocenters. The summed E-state index contributed by atoms with van der Waals surface area (Å²) in [5.41, 5.74) is 4.88. The van der Waals surface area contributed by atoms with Crippen LogP contribution in [-0.4, -0.2) is 42.5 Å². The number of amides is 1. The summed E-state index contributed by atoms with van der Waals surface area (Å²) in [7, 11) is 0. The van der Waals surface area contributed by atoms with E-state index in [9.17, 15) is 9.59 Å². The molecular weight excluding hydrogens is 480 g/mol. The topological polar surface area (TPSA) is 110 Å². The van der Waals surface area contributed by atoms with Gasteiger partial charge >= 0.3 is 5.97 Å². The zero-order valence-corrected chi connectivity index (χ0v) is 21.5. The quantitative estimate of drug-likeness (QED) is 0.193. The highest BCUT2D eigenvalue weighted by Crippen LogP contribution is 2.33. The Morgan fingerprint density at radius 1 is 1.17 bits per heavy atom. The Morgan fingerprint density at radius 2 is 1.89 bits per heavy atom. The van der Waals surface area contributed by atoms with Gasteiger partial charge < -0.3 is 24.8 Å². The maximum absolute atomic E-state index is 12.6. The molecule has 10 heteroatoms. The molecule has 0 unspecified atom stereocenters. The molecule has 1 heterocycles. The number of ether oxygens (including phenoxy) is 3. The third-order valence-electron chi connectivity index (χ3n) is 5.01. The molecular formula is C26H30N4O5S. The SMILES string of the molecule is CCOC(=O)C1=C(C)NC(=S)N[C@@H]1c1ccccc1OCC(=O)NN=Cc1ccc(OC(C)C)cc1. The Kier molecular flexibility index (Phi) is 9.40. The fraction of sp³-hybridized carbons (Fsp3) is 0.308. The van der Waals surface area contributed by atoms with Gasteiger partial charge in [0.2, 0.25) is 0 Å². The Morgan fingerprint density at radius 3 is 2.58 bits per heavy atom. The maximum atomic E-state index is 12.6. The van der Waals surface area contributed by atoms with Crippen LogP contribution < -0.4 is 25.5 Å². The lowest BCUT2D eigenvalue weighted by molar-refractivity contribution is -0.139. The number of allylic oxidation sites excluding steroid dienone is 1. The second-order valence-electron chi connectivity index (χ2n) is 8.15. The summed E-state index contributed by atoms with van der Waals surface area (Å²) in [5.74, 6) is 0.285. The van der Waals surface area contributed by atoms with Gasteiger partial charge in [0.25, 0.3) is 5.91 Å². The van der Waals surface area contributed by atoms with Gasteiger partial charge in [-0.05, 0) is 75.8 Å². The summed E-state index contributed by atoms with van der Waals surface area (Å²) < 4.78 is 16.6. The molecule has 3 rings (SSSR count). The predicted molar refractivity (Wildman–Crippen MR) is 141 cm³/mol. The number of rotatable bonds is 10. The monoisotopic (exact) mass is 510 g/mol. The van der Waals surface area contributed by atoms with E-state index in [4.69, 9.17) is 26.4 Å². The number of hydrogen-bond acceptors (Lipinski definition) is 7. The molecule has 0 bridgehead atoms. The number of esters is 1. The van der Waals surface area contributed by atoms with Crippen LogP contribution in [0, 0.1) is 0 Å². The van der Waals surface area contributed by atoms with Gasteiger partial charge in [-0.2, -0.15) is 5.10 Å². The lowest BCUT2D eigenvalue weighted by atomic mass is 9.95. The standard InChI is InChI=1S/C26H30N4O5S/c1-5-33-25(32)23-17(4)28-26(36)29-24(23)20-8-6-7-9-21(20)34-15-22(31)30-27-14-18-10-12-19(13-11-18)35-16(2)3/h6-14,16,24H,5,15H2,1-4H3,(H,30,31)(H2,28,29,36)/t24-/m1/s1. The van der Waals surface area contributed by atoms with Gasteiger partial charge in [-0.25, -0.2) is 10.2 Å². The first-order valence-electron chi connectivity index (χ1n) is 11.5. The molecule has 0 spiro atoms. The zero-order valence-electron chi connectivity index (χ0n) is 20.7. The number of benzene rings is 2. The second kappa shape index (κ2) is 12.7. The van der Waals surface area contributed by atoms with E-state index in [-0.39, 0.29) is 19.3 Å². The summed E-state index contributed by atoms with van der Waals surface area (Å²) in [4.78, 5) is 25.0. The molecule has 0 radical (unpaired) electrons. The summed E-state index contributed by atoms with van der Waals surface area (Å²) in [5, 5.41) is 10.4. The highest BCUT2D eigenvalue weighted by atomic mass is 32.1. The van der Waals surface area contributed by atoms with Crippen molar-refractivity contribution < 1.29 is 23.8 Å². The van der Waals surface area contributed by atoms with Crippen molar-refractivity contribution in [3.05, 3.63) is 70.9 Å². The van der Waals surface area contributed by atoms with E-state index in [2.05, 4.69) is 21.2 Å². The van der Waals surface area contributed by atoms with Crippen molar-refractivity contribution in [1.82, 2.24) is 16.1 Å². The summed E-state index contributed by atoms with van der Waals surface area (Å²) in [6, 6.07) is 13.9. The molecule has 2 aromatic carbocycles. The number of nitrogens with zero attached hydrogens (tertiary/aromatic N) is 1. The molecule has 2 aromatic rings. The van der Waals surface area contributed by atoms with E-state index in [0.29, 0.717) is 27.7 Å². The first kappa shape index (κ1) is 26.7. The van der Waals surface area contributed by atoms with Crippen LogP contribution >= 0.6 is 12.2 Å². The van der Waals surface area contributed by atoms with Crippen molar-refractivity contribution in [3.63, 3.8) is 0 Å². The number of carbonyl (C=O) groups is 2. The van der Waals surface area contributed by atoms with Crippen molar-refractivity contribution in [2.45, 2.75) is 39.8 Å². The van der Waals surface area contributed by atoms with Crippen LogP contribution in [0.25, 0.3) is 0 Å². The van der Waals surface area contributed by atoms with Crippen LogP contribution in [0.15, 0.2) is 64.9 Å². The Labute approximate surface area is 215 Å². The molecule has 190 valence electrons. The molecule has 1 aliphatic heterocycles. The van der Waals surface area contributed by atoms with Crippen LogP contribution in [0.3, 0.4) is 0 Å². The fourth-order valence-electron chi connectivity index (χ4n) is 3.52. The van der Waals surface area contributed by atoms with Crippen LogP contribution in [0.5, 0.6) is 11.5 Å². The second-order valence-corrected chi connectivity index (χ2v) is 8.55. The summed E-state index contributed by atoms with van der Waals surface area (Å²) in [6.07, 6.45) is 1.62. The lowest BCUT2D eigenvalue weighted by Gasteiger charge is -2.30. The zero-order chi connectivity index (χ0) is 26.1. The average Bonchev–Trinajstić information content (AvgIpc) is 2.83. The first-order chi connectivity index (χ1) is 17.3. The molecule has 3 N–H and O–H groups in total. The molecule has 0 saturated heterocycles. The number of hydrogen-bond donors (Lipinski definition) is 3. The normalized spacial score (nSPS) is 15.4. The van der Waals surface area contributed by atoms with Crippen LogP contribution in [0.2, 0.25) is 0 Å². The smallest absolute Gasteiger partial charge is 0.338 e. The van der Waals surface area contributed by atoms with Gasteiger partial charge in [0.05, 0.1) is 30.5 Å². The maximum Gasteiger partial charge on any atom is 0.338 e. The molecule has 9 nitrogen and oxygen atoms in total. The number of hydrazone groups is 1. The van der Waals surface area contributed by atoms with Crippen LogP contribution in [0.4, 0.5) is 0 Å². The van der Waals surface area contributed by atoms with E-state index in [1.54, 1.807) is 32.0 Å². The van der Waals surface area contributed by atoms with E-state index in [1.807, 2.05) is 44.2 Å². The molecule has 1 aliphatic rings. The molecule has 0 saturated carbocycles. The van der Waals surface area contributed by atoms with Gasteiger partial charge in [0.15, 0.2) is 11.7 Å². The first-order valence-corrected chi connectivity index (χ1v) is 11.9. The summed E-state index contributed by atoms with van der Waals surface area (Å²) in [6.45, 7) is 7.38. The van der Waals surface area contributed by atoms with Crippen molar-refractivity contribution in [1.29, 1.82) is 0 Å². The number of carbonyl (C=O) groups excluding carboxylic acids is 2.